The van der Waals surface area contributed by atoms with Gasteiger partial charge in [-0.1, -0.05) is 30.3 Å². The third-order valence-electron chi connectivity index (χ3n) is 6.31. The van der Waals surface area contributed by atoms with Crippen molar-refractivity contribution >= 4 is 17.7 Å². The lowest BCUT2D eigenvalue weighted by atomic mass is 10.0. The Labute approximate surface area is 185 Å². The van der Waals surface area contributed by atoms with Gasteiger partial charge in [0.1, 0.15) is 5.69 Å². The molecule has 3 amide bonds. The van der Waals surface area contributed by atoms with Crippen LogP contribution in [0.4, 0.5) is 0 Å². The van der Waals surface area contributed by atoms with Crippen molar-refractivity contribution < 1.29 is 14.4 Å². The second kappa shape index (κ2) is 9.33. The van der Waals surface area contributed by atoms with Crippen molar-refractivity contribution in [3.05, 3.63) is 64.1 Å². The molecule has 0 spiro atoms. The first kappa shape index (κ1) is 21.7. The Bertz CT molecular complexity index is 1030. The van der Waals surface area contributed by atoms with E-state index < -0.39 is 0 Å². The fraction of sp³-hybridized carbons (Fsp3) is 0.435. The highest BCUT2D eigenvalue weighted by Crippen LogP contribution is 2.28. The number of nitrogens with one attached hydrogen (secondary N) is 2. The SMILES string of the molecule is CC(c1ccccc1)N1CC(C(=O)NC2CCN(C(=O)c3ccc(=O)[nH]n3)CC2)CC1=O. The number of carbonyl (C=O) groups is 3. The maximum Gasteiger partial charge on any atom is 0.274 e. The number of H-pyrrole nitrogens is 1. The molecule has 168 valence electrons. The number of piperidine rings is 1. The minimum atomic E-state index is -0.362. The van der Waals surface area contributed by atoms with Crippen LogP contribution < -0.4 is 10.9 Å². The van der Waals surface area contributed by atoms with E-state index in [2.05, 4.69) is 15.5 Å². The van der Waals surface area contributed by atoms with Crippen molar-refractivity contribution in [1.29, 1.82) is 0 Å². The number of nitrogens with zero attached hydrogens (tertiary/aromatic N) is 3. The summed E-state index contributed by atoms with van der Waals surface area (Å²) in [5.74, 6) is -0.708. The standard InChI is InChI=1S/C23H27N5O4/c1-15(16-5-3-2-4-6-16)28-14-17(13-21(28)30)22(31)24-18-9-11-27(12-10-18)23(32)19-7-8-20(29)26-25-19/h2-8,15,17-18H,9-14H2,1H3,(H,24,31)(H,26,29). The van der Waals surface area contributed by atoms with Gasteiger partial charge >= 0.3 is 0 Å². The van der Waals surface area contributed by atoms with E-state index in [1.165, 1.54) is 12.1 Å². The second-order valence-electron chi connectivity index (χ2n) is 8.42. The van der Waals surface area contributed by atoms with E-state index in [-0.39, 0.29) is 53.4 Å². The van der Waals surface area contributed by atoms with Crippen LogP contribution in [0.3, 0.4) is 0 Å². The number of hydrogen-bond acceptors (Lipinski definition) is 5. The zero-order valence-electron chi connectivity index (χ0n) is 18.0. The first-order valence-corrected chi connectivity index (χ1v) is 10.9. The number of rotatable bonds is 5. The normalized spacial score (nSPS) is 20.3. The number of aromatic amines is 1. The van der Waals surface area contributed by atoms with Crippen LogP contribution in [0.1, 0.15) is 48.3 Å². The van der Waals surface area contributed by atoms with E-state index in [0.717, 1.165) is 5.56 Å². The zero-order chi connectivity index (χ0) is 22.7. The van der Waals surface area contributed by atoms with Crippen molar-refractivity contribution in [1.82, 2.24) is 25.3 Å². The third-order valence-corrected chi connectivity index (χ3v) is 6.31. The molecule has 0 aliphatic carbocycles. The molecule has 2 fully saturated rings. The van der Waals surface area contributed by atoms with Gasteiger partial charge in [-0.15, -0.1) is 0 Å². The molecule has 2 aromatic rings. The van der Waals surface area contributed by atoms with Crippen molar-refractivity contribution in [3.8, 4) is 0 Å². The van der Waals surface area contributed by atoms with Gasteiger partial charge in [0.25, 0.3) is 11.5 Å². The average Bonchev–Trinajstić information content (AvgIpc) is 3.21. The minimum Gasteiger partial charge on any atom is -0.353 e. The Morgan fingerprint density at radius 3 is 2.47 bits per heavy atom. The van der Waals surface area contributed by atoms with Gasteiger partial charge in [-0.2, -0.15) is 5.10 Å². The van der Waals surface area contributed by atoms with Crippen molar-refractivity contribution in [3.63, 3.8) is 0 Å². The van der Waals surface area contributed by atoms with Crippen LogP contribution in [0.2, 0.25) is 0 Å². The van der Waals surface area contributed by atoms with Gasteiger partial charge in [-0.25, -0.2) is 5.10 Å². The predicted molar refractivity (Wildman–Crippen MR) is 117 cm³/mol. The van der Waals surface area contributed by atoms with Crippen LogP contribution in [-0.2, 0) is 9.59 Å². The largest absolute Gasteiger partial charge is 0.353 e. The first-order valence-electron chi connectivity index (χ1n) is 10.9. The number of carbonyl (C=O) groups excluding carboxylic acids is 3. The molecule has 4 rings (SSSR count). The lowest BCUT2D eigenvalue weighted by molar-refractivity contribution is -0.130. The van der Waals surface area contributed by atoms with Gasteiger partial charge in [0.2, 0.25) is 11.8 Å². The van der Waals surface area contributed by atoms with E-state index in [4.69, 9.17) is 0 Å². The van der Waals surface area contributed by atoms with Gasteiger partial charge in [-0.3, -0.25) is 19.2 Å². The van der Waals surface area contributed by atoms with Gasteiger partial charge in [0.05, 0.1) is 12.0 Å². The number of likely N-dealkylation sites (tertiary alicyclic amines) is 2. The summed E-state index contributed by atoms with van der Waals surface area (Å²) < 4.78 is 0. The summed E-state index contributed by atoms with van der Waals surface area (Å²) in [6, 6.07) is 12.4. The summed E-state index contributed by atoms with van der Waals surface area (Å²) in [6.45, 7) is 3.38. The van der Waals surface area contributed by atoms with Crippen LogP contribution in [0.15, 0.2) is 47.3 Å². The van der Waals surface area contributed by atoms with Crippen molar-refractivity contribution in [2.75, 3.05) is 19.6 Å². The Kier molecular flexibility index (Phi) is 6.34. The highest BCUT2D eigenvalue weighted by molar-refractivity contribution is 5.92. The summed E-state index contributed by atoms with van der Waals surface area (Å²) in [5, 5.41) is 9.13. The van der Waals surface area contributed by atoms with E-state index in [0.29, 0.717) is 32.5 Å². The summed E-state index contributed by atoms with van der Waals surface area (Å²) >= 11 is 0. The molecule has 2 unspecified atom stereocenters. The summed E-state index contributed by atoms with van der Waals surface area (Å²) in [4.78, 5) is 52.4. The highest BCUT2D eigenvalue weighted by Gasteiger charge is 2.38. The van der Waals surface area contributed by atoms with E-state index in [1.807, 2.05) is 37.3 Å². The average molecular weight is 438 g/mol. The molecule has 32 heavy (non-hydrogen) atoms. The number of amides is 3. The van der Waals surface area contributed by atoms with Gasteiger partial charge in [0.15, 0.2) is 0 Å². The molecule has 2 aliphatic rings. The van der Waals surface area contributed by atoms with Gasteiger partial charge < -0.3 is 15.1 Å². The maximum atomic E-state index is 12.8. The van der Waals surface area contributed by atoms with E-state index in [9.17, 15) is 19.2 Å². The molecule has 0 saturated carbocycles. The molecule has 2 saturated heterocycles. The number of aromatic nitrogens is 2. The molecule has 2 atom stereocenters. The molecule has 1 aromatic heterocycles. The van der Waals surface area contributed by atoms with Crippen LogP contribution in [0, 0.1) is 5.92 Å². The van der Waals surface area contributed by atoms with Crippen molar-refractivity contribution in [2.24, 2.45) is 5.92 Å². The summed E-state index contributed by atoms with van der Waals surface area (Å²) in [7, 11) is 0. The van der Waals surface area contributed by atoms with Gasteiger partial charge in [-0.05, 0) is 31.4 Å². The number of hydrogen-bond donors (Lipinski definition) is 2. The van der Waals surface area contributed by atoms with Gasteiger partial charge in [0, 0.05) is 38.2 Å². The summed E-state index contributed by atoms with van der Waals surface area (Å²) in [5.41, 5.74) is 0.894. The Hall–Kier alpha value is -3.49. The molecule has 0 bridgehead atoms. The maximum absolute atomic E-state index is 12.8. The van der Waals surface area contributed by atoms with Crippen LogP contribution >= 0.6 is 0 Å². The van der Waals surface area contributed by atoms with Crippen LogP contribution in [-0.4, -0.2) is 63.4 Å². The molecule has 2 aliphatic heterocycles. The quantitative estimate of drug-likeness (QED) is 0.727. The molecule has 3 heterocycles. The lowest BCUT2D eigenvalue weighted by Crippen LogP contribution is -2.48. The van der Waals surface area contributed by atoms with E-state index in [1.54, 1.807) is 9.80 Å². The Morgan fingerprint density at radius 1 is 1.09 bits per heavy atom. The molecule has 1 aromatic carbocycles. The highest BCUT2D eigenvalue weighted by atomic mass is 16.2. The predicted octanol–water partition coefficient (Wildman–Crippen LogP) is 1.10. The molecule has 9 heteroatoms. The second-order valence-corrected chi connectivity index (χ2v) is 8.42. The van der Waals surface area contributed by atoms with Crippen LogP contribution in [0.25, 0.3) is 0 Å². The topological polar surface area (TPSA) is 115 Å². The zero-order valence-corrected chi connectivity index (χ0v) is 18.0. The molecule has 0 radical (unpaired) electrons. The Balaban J connectivity index is 1.28. The smallest absolute Gasteiger partial charge is 0.274 e. The Morgan fingerprint density at radius 2 is 1.81 bits per heavy atom. The van der Waals surface area contributed by atoms with Crippen molar-refractivity contribution in [2.45, 2.75) is 38.3 Å². The fourth-order valence-corrected chi connectivity index (χ4v) is 4.36. The monoisotopic (exact) mass is 437 g/mol. The summed E-state index contributed by atoms with van der Waals surface area (Å²) in [6.07, 6.45) is 1.48. The molecule has 2 N–H and O–H groups in total. The minimum absolute atomic E-state index is 0.00433. The number of benzene rings is 1. The lowest BCUT2D eigenvalue weighted by Gasteiger charge is -2.32. The molecular formula is C23H27N5O4. The fourth-order valence-electron chi connectivity index (χ4n) is 4.36. The third kappa shape index (κ3) is 4.71. The van der Waals surface area contributed by atoms with Crippen LogP contribution in [0.5, 0.6) is 0 Å². The molecule has 9 nitrogen and oxygen atoms in total. The first-order chi connectivity index (χ1) is 15.4. The van der Waals surface area contributed by atoms with E-state index >= 15 is 0 Å². The molecular weight excluding hydrogens is 410 g/mol.